The first-order valence-corrected chi connectivity index (χ1v) is 8.19. The normalized spacial score (nSPS) is 33.5. The third-order valence-corrected chi connectivity index (χ3v) is 5.49. The lowest BCUT2D eigenvalue weighted by Gasteiger charge is -2.44. The van der Waals surface area contributed by atoms with Crippen molar-refractivity contribution in [1.82, 2.24) is 0 Å². The third-order valence-electron chi connectivity index (χ3n) is 5.49. The molecule has 3 atom stereocenters. The van der Waals surface area contributed by atoms with Gasteiger partial charge >= 0.3 is 0 Å². The van der Waals surface area contributed by atoms with Crippen molar-refractivity contribution in [3.05, 3.63) is 35.3 Å². The van der Waals surface area contributed by atoms with E-state index in [4.69, 9.17) is 9.41 Å². The molecule has 2 heteroatoms. The van der Waals surface area contributed by atoms with E-state index in [0.29, 0.717) is 6.04 Å². The van der Waals surface area contributed by atoms with Crippen LogP contribution in [0.4, 0.5) is 0 Å². The number of hydrogen-bond acceptors (Lipinski definition) is 2. The predicted octanol–water partition coefficient (Wildman–Crippen LogP) is 4.76. The van der Waals surface area contributed by atoms with Gasteiger partial charge in [-0.05, 0) is 63.0 Å². The number of furan rings is 1. The molecule has 1 aromatic heterocycles. The summed E-state index contributed by atoms with van der Waals surface area (Å²) in [7, 11) is 0. The Kier molecular flexibility index (Phi) is 3.25. The van der Waals surface area contributed by atoms with Crippen molar-refractivity contribution in [1.29, 1.82) is 0 Å². The highest BCUT2D eigenvalue weighted by Gasteiger charge is 2.40. The number of aliphatic imine (C=N–C) groups is 1. The van der Waals surface area contributed by atoms with Crippen LogP contribution in [0.3, 0.4) is 0 Å². The molecule has 3 aliphatic carbocycles. The van der Waals surface area contributed by atoms with E-state index in [2.05, 4.69) is 0 Å². The minimum absolute atomic E-state index is 0.519. The van der Waals surface area contributed by atoms with E-state index in [0.717, 1.165) is 17.6 Å². The minimum Gasteiger partial charge on any atom is -0.463 e. The van der Waals surface area contributed by atoms with E-state index in [1.165, 1.54) is 51.4 Å². The van der Waals surface area contributed by atoms with Crippen molar-refractivity contribution in [2.24, 2.45) is 16.8 Å². The Hall–Kier alpha value is -1.31. The lowest BCUT2D eigenvalue weighted by atomic mass is 9.63. The Morgan fingerprint density at radius 1 is 1.15 bits per heavy atom. The molecule has 2 bridgehead atoms. The molecule has 0 radical (unpaired) electrons. The van der Waals surface area contributed by atoms with E-state index in [1.54, 1.807) is 11.8 Å². The molecular weight excluding hydrogens is 246 g/mol. The molecule has 1 saturated carbocycles. The fourth-order valence-electron chi connectivity index (χ4n) is 4.61. The Morgan fingerprint density at radius 3 is 3.00 bits per heavy atom. The minimum atomic E-state index is 0.519. The first kappa shape index (κ1) is 12.4. The molecule has 0 unspecified atom stereocenters. The predicted molar refractivity (Wildman–Crippen MR) is 81.0 cm³/mol. The van der Waals surface area contributed by atoms with Gasteiger partial charge in [0, 0.05) is 5.92 Å². The van der Waals surface area contributed by atoms with Gasteiger partial charge < -0.3 is 4.42 Å². The molecule has 0 aromatic carbocycles. The maximum Gasteiger partial charge on any atom is 0.144 e. The van der Waals surface area contributed by atoms with Gasteiger partial charge in [-0.25, -0.2) is 0 Å². The molecule has 4 rings (SSSR count). The van der Waals surface area contributed by atoms with Crippen LogP contribution >= 0.6 is 0 Å². The van der Waals surface area contributed by atoms with E-state index in [-0.39, 0.29) is 0 Å². The highest BCUT2D eigenvalue weighted by Crippen LogP contribution is 2.49. The SMILES string of the molecule is C(=N[C@@H]1[C@H]2CCC[C@@H]1C1=C(CCCC1)C2)c1ccco1. The van der Waals surface area contributed by atoms with Crippen molar-refractivity contribution in [2.75, 3.05) is 0 Å². The average Bonchev–Trinajstić information content (AvgIpc) is 2.98. The largest absolute Gasteiger partial charge is 0.463 e. The van der Waals surface area contributed by atoms with Crippen LogP contribution in [0.2, 0.25) is 0 Å². The molecule has 106 valence electrons. The first-order valence-electron chi connectivity index (χ1n) is 8.19. The Morgan fingerprint density at radius 2 is 2.10 bits per heavy atom. The summed E-state index contributed by atoms with van der Waals surface area (Å²) in [6.45, 7) is 0. The van der Waals surface area contributed by atoms with Gasteiger partial charge in [-0.3, -0.25) is 4.99 Å². The summed E-state index contributed by atoms with van der Waals surface area (Å²) in [5, 5.41) is 0. The summed E-state index contributed by atoms with van der Waals surface area (Å²) < 4.78 is 5.39. The zero-order valence-corrected chi connectivity index (χ0v) is 12.1. The molecule has 3 aliphatic rings. The highest BCUT2D eigenvalue weighted by molar-refractivity contribution is 5.75. The Bertz CT molecular complexity index is 526. The maximum absolute atomic E-state index is 5.39. The van der Waals surface area contributed by atoms with Crippen molar-refractivity contribution < 1.29 is 4.42 Å². The molecule has 1 heterocycles. The van der Waals surface area contributed by atoms with Gasteiger partial charge in [0.15, 0.2) is 0 Å². The average molecular weight is 269 g/mol. The summed E-state index contributed by atoms with van der Waals surface area (Å²) in [6, 6.07) is 4.45. The van der Waals surface area contributed by atoms with Crippen LogP contribution < -0.4 is 0 Å². The van der Waals surface area contributed by atoms with Crippen molar-refractivity contribution in [3.63, 3.8) is 0 Å². The van der Waals surface area contributed by atoms with Crippen molar-refractivity contribution in [2.45, 2.75) is 57.4 Å². The van der Waals surface area contributed by atoms with Crippen LogP contribution in [-0.4, -0.2) is 12.3 Å². The fraction of sp³-hybridized carbons (Fsp3) is 0.611. The van der Waals surface area contributed by atoms with Crippen molar-refractivity contribution >= 4 is 6.21 Å². The summed E-state index contributed by atoms with van der Waals surface area (Å²) in [6.07, 6.45) is 14.7. The van der Waals surface area contributed by atoms with Crippen LogP contribution in [0.1, 0.15) is 57.1 Å². The number of rotatable bonds is 2. The maximum atomic E-state index is 5.39. The first-order chi connectivity index (χ1) is 9.92. The molecule has 0 N–H and O–H groups in total. The number of hydrogen-bond donors (Lipinski definition) is 0. The summed E-state index contributed by atoms with van der Waals surface area (Å²) in [5.41, 5.74) is 3.61. The second kappa shape index (κ2) is 5.23. The highest BCUT2D eigenvalue weighted by atomic mass is 16.3. The second-order valence-corrected chi connectivity index (χ2v) is 6.62. The summed E-state index contributed by atoms with van der Waals surface area (Å²) in [4.78, 5) is 4.95. The van der Waals surface area contributed by atoms with Crippen molar-refractivity contribution in [3.8, 4) is 0 Å². The topological polar surface area (TPSA) is 25.5 Å². The van der Waals surface area contributed by atoms with E-state index in [1.807, 2.05) is 23.9 Å². The van der Waals surface area contributed by atoms with E-state index in [9.17, 15) is 0 Å². The van der Waals surface area contributed by atoms with Gasteiger partial charge in [0.05, 0.1) is 18.5 Å². The monoisotopic (exact) mass is 269 g/mol. The van der Waals surface area contributed by atoms with Crippen LogP contribution in [0.25, 0.3) is 0 Å². The standard InChI is InChI=1S/C18H23NO/c1-2-8-16-13(5-1)11-14-6-3-9-17(16)18(14)19-12-15-7-4-10-20-15/h4,7,10,12,14,17-18H,1-3,5-6,8-9,11H2/t14-,17+,18+/m0/s1. The second-order valence-electron chi connectivity index (χ2n) is 6.62. The zero-order valence-electron chi connectivity index (χ0n) is 12.1. The van der Waals surface area contributed by atoms with E-state index >= 15 is 0 Å². The summed E-state index contributed by atoms with van der Waals surface area (Å²) in [5.74, 6) is 2.42. The number of nitrogens with zero attached hydrogens (tertiary/aromatic N) is 1. The molecule has 0 amide bonds. The van der Waals surface area contributed by atoms with Gasteiger partial charge in [-0.15, -0.1) is 0 Å². The Balaban J connectivity index is 1.62. The number of fused-ring (bicyclic) bond motifs is 3. The molecular formula is C18H23NO. The molecule has 0 spiro atoms. The Labute approximate surface area is 121 Å². The molecule has 0 aliphatic heterocycles. The van der Waals surface area contributed by atoms with Crippen LogP contribution in [0.15, 0.2) is 39.0 Å². The van der Waals surface area contributed by atoms with Gasteiger partial charge in [0.25, 0.3) is 0 Å². The smallest absolute Gasteiger partial charge is 0.144 e. The lowest BCUT2D eigenvalue weighted by Crippen LogP contribution is -2.38. The lowest BCUT2D eigenvalue weighted by molar-refractivity contribution is 0.215. The molecule has 1 aromatic rings. The molecule has 1 fully saturated rings. The van der Waals surface area contributed by atoms with Gasteiger partial charge in [0.1, 0.15) is 5.76 Å². The van der Waals surface area contributed by atoms with Crippen LogP contribution in [0, 0.1) is 11.8 Å². The quantitative estimate of drug-likeness (QED) is 0.561. The van der Waals surface area contributed by atoms with Gasteiger partial charge in [-0.1, -0.05) is 17.6 Å². The summed E-state index contributed by atoms with van der Waals surface area (Å²) >= 11 is 0. The molecule has 2 nitrogen and oxygen atoms in total. The number of allylic oxidation sites excluding steroid dienone is 1. The van der Waals surface area contributed by atoms with Crippen LogP contribution in [0.5, 0.6) is 0 Å². The molecule has 0 saturated heterocycles. The van der Waals surface area contributed by atoms with E-state index < -0.39 is 0 Å². The third kappa shape index (κ3) is 2.15. The van der Waals surface area contributed by atoms with Crippen LogP contribution in [-0.2, 0) is 0 Å². The van der Waals surface area contributed by atoms with Gasteiger partial charge in [-0.2, -0.15) is 0 Å². The fourth-order valence-corrected chi connectivity index (χ4v) is 4.61. The molecule has 20 heavy (non-hydrogen) atoms. The van der Waals surface area contributed by atoms with Gasteiger partial charge in [0.2, 0.25) is 0 Å². The zero-order chi connectivity index (χ0) is 13.4.